The van der Waals surface area contributed by atoms with Crippen molar-refractivity contribution in [3.05, 3.63) is 95.7 Å². The van der Waals surface area contributed by atoms with Gasteiger partial charge >= 0.3 is 6.03 Å². The number of likely N-dealkylation sites (tertiary alicyclic amines) is 1. The van der Waals surface area contributed by atoms with Crippen molar-refractivity contribution >= 4 is 6.03 Å². The van der Waals surface area contributed by atoms with Gasteiger partial charge in [0.1, 0.15) is 5.69 Å². The number of amides is 1. The van der Waals surface area contributed by atoms with Crippen LogP contribution < -0.4 is 0 Å². The Morgan fingerprint density at radius 2 is 1.71 bits per heavy atom. The second-order valence-corrected chi connectivity index (χ2v) is 9.26. The molecule has 5 heteroatoms. The summed E-state index contributed by atoms with van der Waals surface area (Å²) in [5, 5.41) is 8.50. The van der Waals surface area contributed by atoms with E-state index in [0.29, 0.717) is 5.69 Å². The number of carbonyl (C=O) groups excluding carboxylic acids is 1. The molecule has 1 atom stereocenters. The Balaban J connectivity index is 1.33. The second-order valence-electron chi connectivity index (χ2n) is 9.26. The first-order valence-corrected chi connectivity index (χ1v) is 12.0. The lowest BCUT2D eigenvalue weighted by Gasteiger charge is -2.35. The fraction of sp³-hybridized carbons (Fsp3) is 0.276. The molecule has 1 aromatic heterocycles. The number of piperidine rings is 1. The highest BCUT2D eigenvalue weighted by atomic mass is 16.2. The van der Waals surface area contributed by atoms with Gasteiger partial charge in [0.2, 0.25) is 0 Å². The quantitative estimate of drug-likeness (QED) is 0.367. The highest BCUT2D eigenvalue weighted by Crippen LogP contribution is 2.27. The zero-order valence-electron chi connectivity index (χ0n) is 19.8. The van der Waals surface area contributed by atoms with Crippen molar-refractivity contribution in [2.45, 2.75) is 45.6 Å². The SMILES string of the molecule is Cc1ccc(-c2ccc(-c3cn(C(=O)N4CCCCC4Cc4ccccc4)nn3)cc2)c(C)c1. The molecule has 0 saturated carbocycles. The Bertz CT molecular complexity index is 1280. The third kappa shape index (κ3) is 4.65. The zero-order valence-corrected chi connectivity index (χ0v) is 19.8. The van der Waals surface area contributed by atoms with E-state index in [-0.39, 0.29) is 12.1 Å². The molecule has 1 aliphatic rings. The molecule has 1 saturated heterocycles. The summed E-state index contributed by atoms with van der Waals surface area (Å²) < 4.78 is 1.40. The number of hydrogen-bond acceptors (Lipinski definition) is 3. The Hall–Kier alpha value is -3.73. The molecule has 172 valence electrons. The third-order valence-electron chi connectivity index (χ3n) is 6.75. The lowest BCUT2D eigenvalue weighted by atomic mass is 9.96. The predicted octanol–water partition coefficient (Wildman–Crippen LogP) is 6.29. The van der Waals surface area contributed by atoms with Gasteiger partial charge in [-0.3, -0.25) is 0 Å². The van der Waals surface area contributed by atoms with Gasteiger partial charge in [-0.25, -0.2) is 4.79 Å². The molecule has 3 aromatic carbocycles. The standard InChI is InChI=1S/C29H30N4O/c1-21-11-16-27(22(2)18-21)24-12-14-25(15-13-24)28-20-33(31-30-28)29(34)32-17-7-6-10-26(32)19-23-8-4-3-5-9-23/h3-5,8-9,11-16,18,20,26H,6-7,10,17,19H2,1-2H3. The van der Waals surface area contributed by atoms with Crippen LogP contribution in [0.4, 0.5) is 4.79 Å². The number of aromatic nitrogens is 3. The summed E-state index contributed by atoms with van der Waals surface area (Å²) in [6.45, 7) is 5.01. The number of nitrogens with zero attached hydrogens (tertiary/aromatic N) is 4. The summed E-state index contributed by atoms with van der Waals surface area (Å²) in [6.07, 6.45) is 5.81. The molecule has 1 aliphatic heterocycles. The zero-order chi connectivity index (χ0) is 23.5. The Morgan fingerprint density at radius 1 is 0.941 bits per heavy atom. The minimum atomic E-state index is -0.0914. The van der Waals surface area contributed by atoms with Crippen LogP contribution in [0.25, 0.3) is 22.4 Å². The molecular formula is C29H30N4O. The average Bonchev–Trinajstić information content (AvgIpc) is 3.35. The van der Waals surface area contributed by atoms with Gasteiger partial charge in [0, 0.05) is 18.2 Å². The van der Waals surface area contributed by atoms with E-state index in [9.17, 15) is 4.79 Å². The summed E-state index contributed by atoms with van der Waals surface area (Å²) in [6, 6.07) is 25.3. The maximum absolute atomic E-state index is 13.3. The van der Waals surface area contributed by atoms with Crippen LogP contribution in [0.3, 0.4) is 0 Å². The molecule has 34 heavy (non-hydrogen) atoms. The van der Waals surface area contributed by atoms with Crippen molar-refractivity contribution in [2.75, 3.05) is 6.54 Å². The predicted molar refractivity (Wildman–Crippen MR) is 136 cm³/mol. The summed E-state index contributed by atoms with van der Waals surface area (Å²) in [7, 11) is 0. The second kappa shape index (κ2) is 9.64. The summed E-state index contributed by atoms with van der Waals surface area (Å²) in [5.74, 6) is 0. The molecule has 2 heterocycles. The van der Waals surface area contributed by atoms with Gasteiger partial charge < -0.3 is 4.90 Å². The van der Waals surface area contributed by atoms with Gasteiger partial charge in [-0.05, 0) is 61.8 Å². The van der Waals surface area contributed by atoms with E-state index < -0.39 is 0 Å². The molecule has 1 unspecified atom stereocenters. The largest absolute Gasteiger partial charge is 0.346 e. The molecular weight excluding hydrogens is 420 g/mol. The molecule has 0 spiro atoms. The third-order valence-corrected chi connectivity index (χ3v) is 6.75. The van der Waals surface area contributed by atoms with Gasteiger partial charge in [-0.15, -0.1) is 5.10 Å². The maximum atomic E-state index is 13.3. The first kappa shape index (κ1) is 22.1. The van der Waals surface area contributed by atoms with E-state index in [2.05, 4.69) is 78.8 Å². The van der Waals surface area contributed by atoms with Crippen molar-refractivity contribution in [3.63, 3.8) is 0 Å². The molecule has 0 radical (unpaired) electrons. The molecule has 5 rings (SSSR count). The Labute approximate surface area is 201 Å². The summed E-state index contributed by atoms with van der Waals surface area (Å²) >= 11 is 0. The van der Waals surface area contributed by atoms with E-state index in [1.54, 1.807) is 6.20 Å². The van der Waals surface area contributed by atoms with E-state index in [4.69, 9.17) is 0 Å². The van der Waals surface area contributed by atoms with E-state index in [0.717, 1.165) is 37.8 Å². The van der Waals surface area contributed by atoms with Crippen molar-refractivity contribution in [2.24, 2.45) is 0 Å². The summed E-state index contributed by atoms with van der Waals surface area (Å²) in [4.78, 5) is 15.3. The fourth-order valence-electron chi connectivity index (χ4n) is 4.93. The Morgan fingerprint density at radius 3 is 2.47 bits per heavy atom. The molecule has 1 fully saturated rings. The monoisotopic (exact) mass is 450 g/mol. The van der Waals surface area contributed by atoms with Crippen LogP contribution in [0.5, 0.6) is 0 Å². The molecule has 0 bridgehead atoms. The van der Waals surface area contributed by atoms with Crippen molar-refractivity contribution in [1.82, 2.24) is 19.9 Å². The van der Waals surface area contributed by atoms with Crippen LogP contribution in [-0.2, 0) is 6.42 Å². The van der Waals surface area contributed by atoms with Gasteiger partial charge in [0.05, 0.1) is 6.20 Å². The van der Waals surface area contributed by atoms with Gasteiger partial charge in [-0.1, -0.05) is 83.6 Å². The summed E-state index contributed by atoms with van der Waals surface area (Å²) in [5.41, 5.74) is 7.83. The number of aryl methyl sites for hydroxylation is 2. The first-order valence-electron chi connectivity index (χ1n) is 12.0. The average molecular weight is 451 g/mol. The van der Waals surface area contributed by atoms with E-state index >= 15 is 0 Å². The normalized spacial score (nSPS) is 15.9. The maximum Gasteiger partial charge on any atom is 0.346 e. The number of rotatable bonds is 4. The van der Waals surface area contributed by atoms with Gasteiger partial charge in [0.15, 0.2) is 0 Å². The van der Waals surface area contributed by atoms with Gasteiger partial charge in [-0.2, -0.15) is 4.68 Å². The van der Waals surface area contributed by atoms with Crippen molar-refractivity contribution in [1.29, 1.82) is 0 Å². The molecule has 0 N–H and O–H groups in total. The molecule has 1 amide bonds. The minimum absolute atomic E-state index is 0.0914. The van der Waals surface area contributed by atoms with Crippen LogP contribution in [0.1, 0.15) is 36.0 Å². The van der Waals surface area contributed by atoms with Crippen LogP contribution in [0.15, 0.2) is 79.0 Å². The minimum Gasteiger partial charge on any atom is -0.320 e. The molecule has 5 nitrogen and oxygen atoms in total. The lowest BCUT2D eigenvalue weighted by molar-refractivity contribution is 0.149. The topological polar surface area (TPSA) is 51.0 Å². The van der Waals surface area contributed by atoms with E-state index in [1.165, 1.54) is 32.5 Å². The molecule has 0 aliphatic carbocycles. The van der Waals surface area contributed by atoms with Crippen molar-refractivity contribution in [3.8, 4) is 22.4 Å². The number of hydrogen-bond donors (Lipinski definition) is 0. The van der Waals surface area contributed by atoms with Crippen LogP contribution >= 0.6 is 0 Å². The molecule has 4 aromatic rings. The van der Waals surface area contributed by atoms with Crippen LogP contribution in [0.2, 0.25) is 0 Å². The van der Waals surface area contributed by atoms with Crippen molar-refractivity contribution < 1.29 is 4.79 Å². The smallest absolute Gasteiger partial charge is 0.320 e. The number of benzene rings is 3. The Kier molecular flexibility index (Phi) is 6.26. The highest BCUT2D eigenvalue weighted by Gasteiger charge is 2.28. The first-order chi connectivity index (χ1) is 16.6. The van der Waals surface area contributed by atoms with E-state index in [1.807, 2.05) is 23.1 Å². The van der Waals surface area contributed by atoms with Gasteiger partial charge in [0.25, 0.3) is 0 Å². The van der Waals surface area contributed by atoms with Crippen LogP contribution in [-0.4, -0.2) is 38.5 Å². The fourth-order valence-corrected chi connectivity index (χ4v) is 4.93. The number of carbonyl (C=O) groups is 1. The highest BCUT2D eigenvalue weighted by molar-refractivity contribution is 5.78. The van der Waals surface area contributed by atoms with Crippen LogP contribution in [0, 0.1) is 13.8 Å². The lowest BCUT2D eigenvalue weighted by Crippen LogP contribution is -2.46.